The Kier molecular flexibility index (Phi) is 4.54. The van der Waals surface area contributed by atoms with E-state index in [0.717, 1.165) is 38.3 Å². The van der Waals surface area contributed by atoms with E-state index in [-0.39, 0.29) is 5.92 Å². The molecule has 1 saturated heterocycles. The Bertz CT molecular complexity index is 361. The van der Waals surface area contributed by atoms with E-state index in [0.29, 0.717) is 0 Å². The molecule has 17 heavy (non-hydrogen) atoms. The SMILES string of the molecule is N#CC(CN1CCCNCC1)c1ccccc1. The van der Waals surface area contributed by atoms with Gasteiger partial charge in [0, 0.05) is 19.6 Å². The number of benzene rings is 1. The van der Waals surface area contributed by atoms with Crippen LogP contribution in [0.2, 0.25) is 0 Å². The molecule has 1 fully saturated rings. The topological polar surface area (TPSA) is 39.1 Å². The molecule has 1 atom stereocenters. The van der Waals surface area contributed by atoms with Crippen molar-refractivity contribution in [2.45, 2.75) is 12.3 Å². The Morgan fingerprint density at radius 2 is 2.06 bits per heavy atom. The third kappa shape index (κ3) is 3.55. The molecule has 90 valence electrons. The molecule has 1 aromatic rings. The van der Waals surface area contributed by atoms with Crippen LogP contribution in [0.4, 0.5) is 0 Å². The summed E-state index contributed by atoms with van der Waals surface area (Å²) in [4.78, 5) is 2.39. The van der Waals surface area contributed by atoms with Crippen LogP contribution in [0.3, 0.4) is 0 Å². The summed E-state index contributed by atoms with van der Waals surface area (Å²) < 4.78 is 0. The van der Waals surface area contributed by atoms with Gasteiger partial charge in [0.05, 0.1) is 12.0 Å². The molecule has 0 amide bonds. The van der Waals surface area contributed by atoms with Crippen LogP contribution >= 0.6 is 0 Å². The maximum Gasteiger partial charge on any atom is 0.0839 e. The lowest BCUT2D eigenvalue weighted by atomic mass is 10.00. The van der Waals surface area contributed by atoms with Crippen molar-refractivity contribution in [2.24, 2.45) is 0 Å². The molecule has 0 bridgehead atoms. The van der Waals surface area contributed by atoms with Crippen molar-refractivity contribution in [2.75, 3.05) is 32.7 Å². The summed E-state index contributed by atoms with van der Waals surface area (Å²) in [5.41, 5.74) is 1.13. The zero-order valence-electron chi connectivity index (χ0n) is 10.1. The Labute approximate surface area is 103 Å². The number of nitriles is 1. The second-order valence-corrected chi connectivity index (χ2v) is 4.50. The van der Waals surface area contributed by atoms with Crippen LogP contribution in [-0.2, 0) is 0 Å². The molecule has 2 rings (SSSR count). The van der Waals surface area contributed by atoms with Gasteiger partial charge in [-0.2, -0.15) is 5.26 Å². The quantitative estimate of drug-likeness (QED) is 0.855. The number of rotatable bonds is 3. The smallest absolute Gasteiger partial charge is 0.0839 e. The maximum atomic E-state index is 9.29. The lowest BCUT2D eigenvalue weighted by molar-refractivity contribution is 0.287. The van der Waals surface area contributed by atoms with E-state index in [9.17, 15) is 5.26 Å². The largest absolute Gasteiger partial charge is 0.315 e. The molecular weight excluding hydrogens is 210 g/mol. The first kappa shape index (κ1) is 12.1. The standard InChI is InChI=1S/C14H19N3/c15-11-14(13-5-2-1-3-6-13)12-17-9-4-7-16-8-10-17/h1-3,5-6,14,16H,4,7-10,12H2. The van der Waals surface area contributed by atoms with E-state index < -0.39 is 0 Å². The van der Waals surface area contributed by atoms with Crippen LogP contribution in [0.25, 0.3) is 0 Å². The monoisotopic (exact) mass is 229 g/mol. The highest BCUT2D eigenvalue weighted by atomic mass is 15.1. The fourth-order valence-electron chi connectivity index (χ4n) is 2.25. The molecular formula is C14H19N3. The molecule has 0 radical (unpaired) electrons. The molecule has 0 aliphatic carbocycles. The lowest BCUT2D eigenvalue weighted by Crippen LogP contribution is -2.31. The van der Waals surface area contributed by atoms with Crippen LogP contribution in [0.1, 0.15) is 17.9 Å². The average molecular weight is 229 g/mol. The van der Waals surface area contributed by atoms with Crippen molar-refractivity contribution >= 4 is 0 Å². The van der Waals surface area contributed by atoms with Gasteiger partial charge in [0.15, 0.2) is 0 Å². The van der Waals surface area contributed by atoms with Crippen molar-refractivity contribution in [3.8, 4) is 6.07 Å². The third-order valence-electron chi connectivity index (χ3n) is 3.23. The summed E-state index contributed by atoms with van der Waals surface area (Å²) in [6.45, 7) is 5.12. The van der Waals surface area contributed by atoms with Gasteiger partial charge in [0.2, 0.25) is 0 Å². The summed E-state index contributed by atoms with van der Waals surface area (Å²) in [6, 6.07) is 12.5. The molecule has 0 aromatic heterocycles. The fourth-order valence-corrected chi connectivity index (χ4v) is 2.25. The number of nitrogens with zero attached hydrogens (tertiary/aromatic N) is 2. The van der Waals surface area contributed by atoms with Crippen molar-refractivity contribution in [1.82, 2.24) is 10.2 Å². The fraction of sp³-hybridized carbons (Fsp3) is 0.500. The Balaban J connectivity index is 1.98. The number of nitrogens with one attached hydrogen (secondary N) is 1. The van der Waals surface area contributed by atoms with Gasteiger partial charge >= 0.3 is 0 Å². The van der Waals surface area contributed by atoms with Crippen LogP contribution in [0.5, 0.6) is 0 Å². The van der Waals surface area contributed by atoms with E-state index >= 15 is 0 Å². The molecule has 3 nitrogen and oxygen atoms in total. The van der Waals surface area contributed by atoms with E-state index in [2.05, 4.69) is 16.3 Å². The van der Waals surface area contributed by atoms with Gasteiger partial charge in [-0.05, 0) is 25.1 Å². The van der Waals surface area contributed by atoms with Gasteiger partial charge in [0.1, 0.15) is 0 Å². The summed E-state index contributed by atoms with van der Waals surface area (Å²) in [5.74, 6) is -0.00528. The van der Waals surface area contributed by atoms with Crippen molar-refractivity contribution in [3.05, 3.63) is 35.9 Å². The van der Waals surface area contributed by atoms with E-state index in [1.54, 1.807) is 0 Å². The van der Waals surface area contributed by atoms with Crippen LogP contribution in [0, 0.1) is 11.3 Å². The minimum Gasteiger partial charge on any atom is -0.315 e. The molecule has 1 unspecified atom stereocenters. The summed E-state index contributed by atoms with van der Waals surface area (Å²) in [7, 11) is 0. The first-order valence-electron chi connectivity index (χ1n) is 6.28. The molecule has 1 aromatic carbocycles. The van der Waals surface area contributed by atoms with Gasteiger partial charge in [-0.3, -0.25) is 0 Å². The second-order valence-electron chi connectivity index (χ2n) is 4.50. The predicted octanol–water partition coefficient (Wildman–Crippen LogP) is 1.59. The van der Waals surface area contributed by atoms with E-state index in [1.165, 1.54) is 6.42 Å². The molecule has 1 heterocycles. The zero-order chi connectivity index (χ0) is 11.9. The highest BCUT2D eigenvalue weighted by molar-refractivity contribution is 5.25. The highest BCUT2D eigenvalue weighted by Crippen LogP contribution is 2.16. The van der Waals surface area contributed by atoms with Crippen LogP contribution in [0.15, 0.2) is 30.3 Å². The molecule has 1 N–H and O–H groups in total. The first-order chi connectivity index (χ1) is 8.40. The molecule has 1 aliphatic heterocycles. The Morgan fingerprint density at radius 1 is 1.24 bits per heavy atom. The second kappa shape index (κ2) is 6.39. The zero-order valence-corrected chi connectivity index (χ0v) is 10.1. The lowest BCUT2D eigenvalue weighted by Gasteiger charge is -2.22. The average Bonchev–Trinajstić information content (AvgIpc) is 2.65. The minimum absolute atomic E-state index is 0.00528. The van der Waals surface area contributed by atoms with Crippen LogP contribution in [-0.4, -0.2) is 37.6 Å². The van der Waals surface area contributed by atoms with Gasteiger partial charge in [0.25, 0.3) is 0 Å². The molecule has 1 aliphatic rings. The third-order valence-corrected chi connectivity index (χ3v) is 3.23. The first-order valence-corrected chi connectivity index (χ1v) is 6.28. The number of hydrogen-bond donors (Lipinski definition) is 1. The van der Waals surface area contributed by atoms with Crippen molar-refractivity contribution < 1.29 is 0 Å². The number of hydrogen-bond acceptors (Lipinski definition) is 3. The predicted molar refractivity (Wildman–Crippen MR) is 68.7 cm³/mol. The van der Waals surface area contributed by atoms with Gasteiger partial charge < -0.3 is 10.2 Å². The molecule has 3 heteroatoms. The summed E-state index contributed by atoms with van der Waals surface area (Å²) in [5, 5.41) is 12.7. The molecule has 0 spiro atoms. The van der Waals surface area contributed by atoms with Crippen molar-refractivity contribution in [1.29, 1.82) is 5.26 Å². The maximum absolute atomic E-state index is 9.29. The van der Waals surface area contributed by atoms with Gasteiger partial charge in [-0.25, -0.2) is 0 Å². The van der Waals surface area contributed by atoms with Crippen LogP contribution < -0.4 is 5.32 Å². The van der Waals surface area contributed by atoms with Crippen molar-refractivity contribution in [3.63, 3.8) is 0 Å². The van der Waals surface area contributed by atoms with E-state index in [1.807, 2.05) is 30.3 Å². The highest BCUT2D eigenvalue weighted by Gasteiger charge is 2.16. The Morgan fingerprint density at radius 3 is 2.82 bits per heavy atom. The summed E-state index contributed by atoms with van der Waals surface area (Å²) >= 11 is 0. The van der Waals surface area contributed by atoms with E-state index in [4.69, 9.17) is 0 Å². The van der Waals surface area contributed by atoms with Gasteiger partial charge in [-0.1, -0.05) is 30.3 Å². The molecule has 0 saturated carbocycles. The minimum atomic E-state index is -0.00528. The Hall–Kier alpha value is -1.37. The normalized spacial score (nSPS) is 19.2. The van der Waals surface area contributed by atoms with Gasteiger partial charge in [-0.15, -0.1) is 0 Å². The summed E-state index contributed by atoms with van der Waals surface area (Å²) in [6.07, 6.45) is 1.17.